The van der Waals surface area contributed by atoms with Crippen molar-refractivity contribution in [3.63, 3.8) is 0 Å². The molecule has 0 radical (unpaired) electrons. The van der Waals surface area contributed by atoms with Gasteiger partial charge in [0.05, 0.1) is 30.0 Å². The highest BCUT2D eigenvalue weighted by Crippen LogP contribution is 2.26. The SMILES string of the molecule is O=c1c2ccncc2ncn1CCc1ccc2c(c1)CCO2. The first kappa shape index (κ1) is 13.0. The number of aryl methyl sites for hydroxylation is 2. The van der Waals surface area contributed by atoms with Gasteiger partial charge in [-0.2, -0.15) is 0 Å². The van der Waals surface area contributed by atoms with E-state index in [9.17, 15) is 4.79 Å². The standard InChI is InChI=1S/C17H15N3O2/c21-17-14-3-6-18-10-15(14)19-11-20(17)7-4-12-1-2-16-13(9-12)5-8-22-16/h1-3,6,9-11H,4-5,7-8H2. The van der Waals surface area contributed by atoms with Crippen LogP contribution in [0.4, 0.5) is 0 Å². The Morgan fingerprint density at radius 1 is 1.27 bits per heavy atom. The maximum absolute atomic E-state index is 12.4. The first-order valence-corrected chi connectivity index (χ1v) is 7.35. The number of hydrogen-bond donors (Lipinski definition) is 0. The van der Waals surface area contributed by atoms with Crippen LogP contribution in [0.5, 0.6) is 5.75 Å². The van der Waals surface area contributed by atoms with Gasteiger partial charge in [-0.15, -0.1) is 0 Å². The number of nitrogens with zero attached hydrogens (tertiary/aromatic N) is 3. The number of aromatic nitrogens is 3. The van der Waals surface area contributed by atoms with E-state index in [0.717, 1.165) is 25.2 Å². The van der Waals surface area contributed by atoms with Crippen molar-refractivity contribution in [1.82, 2.24) is 14.5 Å². The summed E-state index contributed by atoms with van der Waals surface area (Å²) < 4.78 is 7.17. The van der Waals surface area contributed by atoms with Gasteiger partial charge in [-0.25, -0.2) is 4.98 Å². The fraction of sp³-hybridized carbons (Fsp3) is 0.235. The van der Waals surface area contributed by atoms with Crippen LogP contribution in [0.25, 0.3) is 10.9 Å². The molecule has 5 heteroatoms. The fourth-order valence-electron chi connectivity index (χ4n) is 2.81. The van der Waals surface area contributed by atoms with Crippen molar-refractivity contribution in [1.29, 1.82) is 0 Å². The molecule has 1 aromatic carbocycles. The summed E-state index contributed by atoms with van der Waals surface area (Å²) in [5, 5.41) is 0.611. The molecule has 1 aliphatic heterocycles. The first-order chi connectivity index (χ1) is 10.8. The maximum atomic E-state index is 12.4. The van der Waals surface area contributed by atoms with Gasteiger partial charge in [0.25, 0.3) is 5.56 Å². The molecule has 0 unspecified atom stereocenters. The normalized spacial score (nSPS) is 13.1. The average molecular weight is 293 g/mol. The molecule has 2 aromatic heterocycles. The largest absolute Gasteiger partial charge is 0.493 e. The van der Waals surface area contributed by atoms with Gasteiger partial charge >= 0.3 is 0 Å². The van der Waals surface area contributed by atoms with E-state index in [1.165, 1.54) is 11.1 Å². The summed E-state index contributed by atoms with van der Waals surface area (Å²) >= 11 is 0. The first-order valence-electron chi connectivity index (χ1n) is 7.35. The third-order valence-corrected chi connectivity index (χ3v) is 4.02. The highest BCUT2D eigenvalue weighted by molar-refractivity contribution is 5.75. The van der Waals surface area contributed by atoms with Crippen molar-refractivity contribution in [2.75, 3.05) is 6.61 Å². The summed E-state index contributed by atoms with van der Waals surface area (Å²) in [5.41, 5.74) is 3.09. The topological polar surface area (TPSA) is 57.0 Å². The lowest BCUT2D eigenvalue weighted by atomic mass is 10.1. The van der Waals surface area contributed by atoms with Crippen LogP contribution in [0, 0.1) is 0 Å². The van der Waals surface area contributed by atoms with Gasteiger partial charge in [0.1, 0.15) is 5.75 Å². The minimum atomic E-state index is -0.0168. The molecule has 110 valence electrons. The molecule has 0 aliphatic carbocycles. The lowest BCUT2D eigenvalue weighted by molar-refractivity contribution is 0.357. The third kappa shape index (κ3) is 2.24. The number of ether oxygens (including phenoxy) is 1. The highest BCUT2D eigenvalue weighted by Gasteiger charge is 2.12. The van der Waals surface area contributed by atoms with Gasteiger partial charge in [0.15, 0.2) is 0 Å². The number of benzene rings is 1. The molecule has 0 saturated carbocycles. The molecule has 4 rings (SSSR count). The number of fused-ring (bicyclic) bond motifs is 2. The molecule has 0 fully saturated rings. The molecule has 3 aromatic rings. The minimum absolute atomic E-state index is 0.0168. The third-order valence-electron chi connectivity index (χ3n) is 4.02. The van der Waals surface area contributed by atoms with Crippen LogP contribution in [0.3, 0.4) is 0 Å². The van der Waals surface area contributed by atoms with E-state index in [4.69, 9.17) is 4.74 Å². The molecule has 1 aliphatic rings. The lowest BCUT2D eigenvalue weighted by Gasteiger charge is -2.07. The second kappa shape index (κ2) is 5.26. The zero-order valence-corrected chi connectivity index (χ0v) is 12.0. The smallest absolute Gasteiger partial charge is 0.261 e. The van der Waals surface area contributed by atoms with Crippen LogP contribution in [-0.2, 0) is 19.4 Å². The van der Waals surface area contributed by atoms with E-state index in [2.05, 4.69) is 22.1 Å². The Morgan fingerprint density at radius 2 is 2.23 bits per heavy atom. The summed E-state index contributed by atoms with van der Waals surface area (Å²) in [6, 6.07) is 7.97. The van der Waals surface area contributed by atoms with Gasteiger partial charge in [-0.3, -0.25) is 14.3 Å². The van der Waals surface area contributed by atoms with Crippen molar-refractivity contribution in [2.45, 2.75) is 19.4 Å². The van der Waals surface area contributed by atoms with Crippen LogP contribution in [0.15, 0.2) is 47.8 Å². The van der Waals surface area contributed by atoms with Crippen LogP contribution in [0.2, 0.25) is 0 Å². The van der Waals surface area contributed by atoms with Crippen molar-refractivity contribution >= 4 is 10.9 Å². The number of hydrogen-bond acceptors (Lipinski definition) is 4. The summed E-state index contributed by atoms with van der Waals surface area (Å²) in [4.78, 5) is 20.7. The summed E-state index contributed by atoms with van der Waals surface area (Å²) in [7, 11) is 0. The molecule has 0 bridgehead atoms. The zero-order valence-electron chi connectivity index (χ0n) is 12.0. The van der Waals surface area contributed by atoms with Crippen LogP contribution in [-0.4, -0.2) is 21.1 Å². The van der Waals surface area contributed by atoms with Crippen molar-refractivity contribution in [3.8, 4) is 5.75 Å². The van der Waals surface area contributed by atoms with Crippen molar-refractivity contribution < 1.29 is 4.74 Å². The Kier molecular flexibility index (Phi) is 3.11. The molecular weight excluding hydrogens is 278 g/mol. The molecule has 0 amide bonds. The van der Waals surface area contributed by atoms with Crippen LogP contribution < -0.4 is 10.3 Å². The molecule has 0 atom stereocenters. The van der Waals surface area contributed by atoms with Gasteiger partial charge < -0.3 is 4.74 Å². The van der Waals surface area contributed by atoms with E-state index in [1.54, 1.807) is 29.4 Å². The summed E-state index contributed by atoms with van der Waals surface area (Å²) in [6.07, 6.45) is 6.60. The summed E-state index contributed by atoms with van der Waals surface area (Å²) in [5.74, 6) is 0.987. The van der Waals surface area contributed by atoms with E-state index >= 15 is 0 Å². The average Bonchev–Trinajstić information content (AvgIpc) is 3.02. The molecular formula is C17H15N3O2. The van der Waals surface area contributed by atoms with Crippen LogP contribution in [0.1, 0.15) is 11.1 Å². The van der Waals surface area contributed by atoms with E-state index in [-0.39, 0.29) is 5.56 Å². The predicted molar refractivity (Wildman–Crippen MR) is 83.1 cm³/mol. The molecule has 22 heavy (non-hydrogen) atoms. The molecule has 0 spiro atoms. The minimum Gasteiger partial charge on any atom is -0.493 e. The Morgan fingerprint density at radius 3 is 3.18 bits per heavy atom. The van der Waals surface area contributed by atoms with E-state index in [1.807, 2.05) is 6.07 Å². The molecule has 5 nitrogen and oxygen atoms in total. The van der Waals surface area contributed by atoms with Gasteiger partial charge in [-0.1, -0.05) is 12.1 Å². The predicted octanol–water partition coefficient (Wildman–Crippen LogP) is 1.97. The molecule has 3 heterocycles. The summed E-state index contributed by atoms with van der Waals surface area (Å²) in [6.45, 7) is 1.38. The Bertz CT molecular complexity index is 902. The van der Waals surface area contributed by atoms with Crippen molar-refractivity contribution in [2.24, 2.45) is 0 Å². The van der Waals surface area contributed by atoms with E-state index in [0.29, 0.717) is 17.4 Å². The second-order valence-electron chi connectivity index (χ2n) is 5.43. The highest BCUT2D eigenvalue weighted by atomic mass is 16.5. The monoisotopic (exact) mass is 293 g/mol. The second-order valence-corrected chi connectivity index (χ2v) is 5.43. The number of rotatable bonds is 3. The van der Waals surface area contributed by atoms with Crippen molar-refractivity contribution in [3.05, 3.63) is 64.5 Å². The van der Waals surface area contributed by atoms with E-state index < -0.39 is 0 Å². The quantitative estimate of drug-likeness (QED) is 0.741. The number of pyridine rings is 1. The molecule has 0 N–H and O–H groups in total. The van der Waals surface area contributed by atoms with Crippen LogP contribution >= 0.6 is 0 Å². The maximum Gasteiger partial charge on any atom is 0.261 e. The van der Waals surface area contributed by atoms with Gasteiger partial charge in [0, 0.05) is 19.2 Å². The molecule has 0 saturated heterocycles. The van der Waals surface area contributed by atoms with Gasteiger partial charge in [0.2, 0.25) is 0 Å². The Balaban J connectivity index is 1.59. The fourth-order valence-corrected chi connectivity index (χ4v) is 2.81. The van der Waals surface area contributed by atoms with Gasteiger partial charge in [-0.05, 0) is 29.7 Å². The zero-order chi connectivity index (χ0) is 14.9. The Hall–Kier alpha value is -2.69. The Labute approximate surface area is 127 Å². The lowest BCUT2D eigenvalue weighted by Crippen LogP contribution is -2.21.